The van der Waals surface area contributed by atoms with Crippen molar-refractivity contribution >= 4 is 22.3 Å². The van der Waals surface area contributed by atoms with Crippen molar-refractivity contribution in [2.75, 3.05) is 11.9 Å². The maximum atomic E-state index is 4.80. The Morgan fingerprint density at radius 2 is 2.24 bits per heavy atom. The molecule has 1 N–H and O–H groups in total. The van der Waals surface area contributed by atoms with Gasteiger partial charge in [-0.05, 0) is 19.4 Å². The Kier molecular flexibility index (Phi) is 4.71. The number of rotatable bonds is 5. The van der Waals surface area contributed by atoms with Crippen LogP contribution in [0.15, 0.2) is 36.4 Å². The minimum absolute atomic E-state index is 0.364. The molecule has 0 bridgehead atoms. The molecule has 0 aliphatic carbocycles. The van der Waals surface area contributed by atoms with Gasteiger partial charge in [-0.1, -0.05) is 6.42 Å². The topological polar surface area (TPSA) is 71.8 Å². The Labute approximate surface area is 150 Å². The summed E-state index contributed by atoms with van der Waals surface area (Å²) in [4.78, 5) is 15.6. The van der Waals surface area contributed by atoms with Crippen LogP contribution in [0.5, 0.6) is 0 Å². The van der Waals surface area contributed by atoms with E-state index in [1.54, 1.807) is 29.9 Å². The zero-order valence-electron chi connectivity index (χ0n) is 14.2. The quantitative estimate of drug-likeness (QED) is 0.758. The van der Waals surface area contributed by atoms with E-state index in [-0.39, 0.29) is 0 Å². The molecule has 0 saturated carbocycles. The number of piperidine rings is 1. The van der Waals surface area contributed by atoms with Crippen molar-refractivity contribution in [1.82, 2.24) is 29.6 Å². The molecule has 130 valence electrons. The first-order valence-corrected chi connectivity index (χ1v) is 9.36. The first-order chi connectivity index (χ1) is 12.3. The summed E-state index contributed by atoms with van der Waals surface area (Å²) in [5.74, 6) is 0.722. The van der Waals surface area contributed by atoms with E-state index < -0.39 is 0 Å². The van der Waals surface area contributed by atoms with Crippen LogP contribution in [0.25, 0.3) is 0 Å². The molecule has 8 heteroatoms. The van der Waals surface area contributed by atoms with Gasteiger partial charge in [0.05, 0.1) is 24.1 Å². The zero-order valence-corrected chi connectivity index (χ0v) is 15.0. The summed E-state index contributed by atoms with van der Waals surface area (Å²) in [6, 6.07) is 0.364. The molecule has 0 spiro atoms. The number of hydrogen-bond donors (Lipinski definition) is 1. The second-order valence-electron chi connectivity index (χ2n) is 6.30. The molecule has 0 radical (unpaired) electrons. The van der Waals surface area contributed by atoms with Crippen molar-refractivity contribution < 1.29 is 0 Å². The van der Waals surface area contributed by atoms with Gasteiger partial charge < -0.3 is 5.32 Å². The summed E-state index contributed by atoms with van der Waals surface area (Å²) in [6.45, 7) is 2.02. The number of nitrogens with one attached hydrogen (secondary N) is 1. The van der Waals surface area contributed by atoms with Gasteiger partial charge in [0.2, 0.25) is 0 Å². The van der Waals surface area contributed by atoms with Gasteiger partial charge in [-0.2, -0.15) is 5.10 Å². The van der Waals surface area contributed by atoms with E-state index in [9.17, 15) is 0 Å². The van der Waals surface area contributed by atoms with E-state index in [1.807, 2.05) is 17.9 Å². The van der Waals surface area contributed by atoms with Crippen LogP contribution in [0, 0.1) is 0 Å². The van der Waals surface area contributed by atoms with E-state index in [0.29, 0.717) is 6.04 Å². The highest BCUT2D eigenvalue weighted by atomic mass is 32.1. The smallest absolute Gasteiger partial charge is 0.188 e. The highest BCUT2D eigenvalue weighted by Crippen LogP contribution is 2.34. The predicted molar refractivity (Wildman–Crippen MR) is 97.6 cm³/mol. The molecule has 0 amide bonds. The lowest BCUT2D eigenvalue weighted by molar-refractivity contribution is 0.138. The molecule has 3 aromatic heterocycles. The van der Waals surface area contributed by atoms with Crippen LogP contribution in [0.1, 0.15) is 36.6 Å². The molecule has 1 atom stereocenters. The summed E-state index contributed by atoms with van der Waals surface area (Å²) in [6.07, 6.45) is 12.7. The highest BCUT2D eigenvalue weighted by Gasteiger charge is 2.26. The first kappa shape index (κ1) is 16.2. The number of thiazole rings is 1. The lowest BCUT2D eigenvalue weighted by Gasteiger charge is -2.34. The summed E-state index contributed by atoms with van der Waals surface area (Å²) >= 11 is 1.62. The van der Waals surface area contributed by atoms with Gasteiger partial charge in [-0.3, -0.25) is 14.6 Å². The third-order valence-corrected chi connectivity index (χ3v) is 5.20. The van der Waals surface area contributed by atoms with Crippen LogP contribution in [0.2, 0.25) is 0 Å². The van der Waals surface area contributed by atoms with Gasteiger partial charge in [-0.25, -0.2) is 9.97 Å². The fourth-order valence-corrected chi connectivity index (χ4v) is 4.04. The largest absolute Gasteiger partial charge is 0.315 e. The Balaban J connectivity index is 1.48. The van der Waals surface area contributed by atoms with Gasteiger partial charge in [0.15, 0.2) is 10.9 Å². The van der Waals surface area contributed by atoms with Crippen LogP contribution in [0.3, 0.4) is 0 Å². The lowest BCUT2D eigenvalue weighted by atomic mass is 9.99. The molecule has 4 heterocycles. The molecule has 1 aliphatic heterocycles. The monoisotopic (exact) mass is 355 g/mol. The number of likely N-dealkylation sites (tertiary alicyclic amines) is 1. The minimum Gasteiger partial charge on any atom is -0.315 e. The second-order valence-corrected chi connectivity index (χ2v) is 7.16. The molecule has 7 nitrogen and oxygen atoms in total. The molecule has 4 rings (SSSR count). The number of hydrogen-bond acceptors (Lipinski definition) is 7. The van der Waals surface area contributed by atoms with Crippen molar-refractivity contribution in [2.45, 2.75) is 31.8 Å². The second kappa shape index (κ2) is 7.28. The van der Waals surface area contributed by atoms with Crippen LogP contribution >= 0.6 is 11.3 Å². The first-order valence-electron chi connectivity index (χ1n) is 8.48. The van der Waals surface area contributed by atoms with Crippen LogP contribution in [-0.2, 0) is 13.6 Å². The van der Waals surface area contributed by atoms with Crippen molar-refractivity contribution in [3.63, 3.8) is 0 Å². The maximum absolute atomic E-state index is 4.80. The molecule has 1 fully saturated rings. The average Bonchev–Trinajstić information content (AvgIpc) is 3.25. The molecule has 1 aliphatic rings. The SMILES string of the molecule is Cn1cc(CN2CCCC[C@@H]2c2csc(Nc3cnccn3)n2)cn1. The summed E-state index contributed by atoms with van der Waals surface area (Å²) < 4.78 is 1.86. The Hall–Kier alpha value is -2.32. The number of aryl methyl sites for hydroxylation is 1. The van der Waals surface area contributed by atoms with Crippen LogP contribution in [0.4, 0.5) is 10.9 Å². The number of anilines is 2. The van der Waals surface area contributed by atoms with Gasteiger partial charge in [-0.15, -0.1) is 11.3 Å². The van der Waals surface area contributed by atoms with Crippen molar-refractivity contribution in [3.8, 4) is 0 Å². The average molecular weight is 355 g/mol. The Morgan fingerprint density at radius 3 is 3.04 bits per heavy atom. The Morgan fingerprint density at radius 1 is 1.28 bits per heavy atom. The van der Waals surface area contributed by atoms with Gasteiger partial charge in [0, 0.05) is 43.1 Å². The predicted octanol–water partition coefficient (Wildman–Crippen LogP) is 3.14. The normalized spacial score (nSPS) is 18.4. The van der Waals surface area contributed by atoms with Crippen molar-refractivity contribution in [2.24, 2.45) is 7.05 Å². The van der Waals surface area contributed by atoms with Crippen molar-refractivity contribution in [3.05, 3.63) is 47.6 Å². The fourth-order valence-electron chi connectivity index (χ4n) is 3.27. The minimum atomic E-state index is 0.364. The molecular formula is C17H21N7S. The van der Waals surface area contributed by atoms with E-state index in [0.717, 1.165) is 36.2 Å². The zero-order chi connectivity index (χ0) is 17.1. The lowest BCUT2D eigenvalue weighted by Crippen LogP contribution is -2.33. The summed E-state index contributed by atoms with van der Waals surface area (Å²) in [7, 11) is 1.96. The molecule has 0 aromatic carbocycles. The van der Waals surface area contributed by atoms with Crippen LogP contribution < -0.4 is 5.32 Å². The summed E-state index contributed by atoms with van der Waals surface area (Å²) in [5.41, 5.74) is 2.39. The Bertz CT molecular complexity index is 813. The van der Waals surface area contributed by atoms with E-state index in [2.05, 4.69) is 36.9 Å². The van der Waals surface area contributed by atoms with Gasteiger partial charge >= 0.3 is 0 Å². The molecule has 1 saturated heterocycles. The summed E-state index contributed by atoms with van der Waals surface area (Å²) in [5, 5.41) is 10.5. The molecule has 0 unspecified atom stereocenters. The highest BCUT2D eigenvalue weighted by molar-refractivity contribution is 7.13. The van der Waals surface area contributed by atoms with E-state index in [1.165, 1.54) is 18.4 Å². The van der Waals surface area contributed by atoms with E-state index in [4.69, 9.17) is 4.98 Å². The molecule has 3 aromatic rings. The van der Waals surface area contributed by atoms with Gasteiger partial charge in [0.25, 0.3) is 0 Å². The third kappa shape index (κ3) is 3.85. The molecular weight excluding hydrogens is 334 g/mol. The third-order valence-electron chi connectivity index (χ3n) is 4.42. The standard InChI is InChI=1S/C17H21N7S/c1-23-10-13(8-20-23)11-24-7-3-2-4-15(24)14-12-25-17(21-14)22-16-9-18-5-6-19-16/h5-6,8-10,12,15H,2-4,7,11H2,1H3,(H,19,21,22)/t15-/m1/s1. The van der Waals surface area contributed by atoms with Gasteiger partial charge in [0.1, 0.15) is 0 Å². The maximum Gasteiger partial charge on any atom is 0.188 e. The fraction of sp³-hybridized carbons (Fsp3) is 0.412. The van der Waals surface area contributed by atoms with Crippen LogP contribution in [-0.4, -0.2) is 36.2 Å². The number of aromatic nitrogens is 5. The van der Waals surface area contributed by atoms with E-state index >= 15 is 0 Å². The van der Waals surface area contributed by atoms with Crippen molar-refractivity contribution in [1.29, 1.82) is 0 Å². The number of nitrogens with zero attached hydrogens (tertiary/aromatic N) is 6. The molecule has 25 heavy (non-hydrogen) atoms.